The molecular formula is C18H18FN5. The van der Waals surface area contributed by atoms with Gasteiger partial charge in [-0.1, -0.05) is 35.4 Å². The second-order valence-corrected chi connectivity index (χ2v) is 6.29. The van der Waals surface area contributed by atoms with Crippen molar-refractivity contribution in [2.45, 2.75) is 32.4 Å². The normalized spacial score (nSPS) is 19.6. The second-order valence-electron chi connectivity index (χ2n) is 6.29. The highest BCUT2D eigenvalue weighted by molar-refractivity contribution is 5.40. The average molecular weight is 323 g/mol. The van der Waals surface area contributed by atoms with E-state index in [0.717, 1.165) is 12.0 Å². The van der Waals surface area contributed by atoms with Gasteiger partial charge in [0.1, 0.15) is 5.82 Å². The molecule has 5 nitrogen and oxygen atoms in total. The van der Waals surface area contributed by atoms with Crippen LogP contribution in [0.2, 0.25) is 0 Å². The lowest BCUT2D eigenvalue weighted by molar-refractivity contribution is 0.423. The number of fused-ring (bicyclic) bond motifs is 1. The smallest absolute Gasteiger partial charge is 0.243 e. The molecule has 0 saturated heterocycles. The van der Waals surface area contributed by atoms with Crippen molar-refractivity contribution in [2.24, 2.45) is 0 Å². The van der Waals surface area contributed by atoms with E-state index in [1.165, 1.54) is 28.8 Å². The summed E-state index contributed by atoms with van der Waals surface area (Å²) in [6.45, 7) is 4.22. The first-order valence-corrected chi connectivity index (χ1v) is 7.99. The summed E-state index contributed by atoms with van der Waals surface area (Å²) in [5.74, 6) is 0.397. The molecule has 24 heavy (non-hydrogen) atoms. The summed E-state index contributed by atoms with van der Waals surface area (Å²) >= 11 is 0. The lowest BCUT2D eigenvalue weighted by Gasteiger charge is -2.31. The van der Waals surface area contributed by atoms with Crippen LogP contribution in [-0.2, 0) is 0 Å². The minimum absolute atomic E-state index is 0.0246. The summed E-state index contributed by atoms with van der Waals surface area (Å²) in [6.07, 6.45) is 0.798. The molecule has 2 aromatic carbocycles. The molecule has 1 aromatic heterocycles. The summed E-state index contributed by atoms with van der Waals surface area (Å²) in [4.78, 5) is 0. The van der Waals surface area contributed by atoms with Crippen LogP contribution in [0.3, 0.4) is 0 Å². The molecule has 1 N–H and O–H groups in total. The van der Waals surface area contributed by atoms with Crippen LogP contribution >= 0.6 is 0 Å². The van der Waals surface area contributed by atoms with Gasteiger partial charge >= 0.3 is 0 Å². The van der Waals surface area contributed by atoms with Crippen molar-refractivity contribution >= 4 is 5.95 Å². The Balaban J connectivity index is 1.72. The summed E-state index contributed by atoms with van der Waals surface area (Å²) in [6, 6.07) is 13.1. The topological polar surface area (TPSA) is 55.6 Å². The lowest BCUT2D eigenvalue weighted by Crippen LogP contribution is -2.28. The van der Waals surface area contributed by atoms with Gasteiger partial charge in [0.2, 0.25) is 5.95 Å². The number of nitrogens with zero attached hydrogens (tertiary/aromatic N) is 4. The summed E-state index contributed by atoms with van der Waals surface area (Å²) in [5.41, 5.74) is 4.74. The second kappa shape index (κ2) is 5.70. The van der Waals surface area contributed by atoms with Gasteiger partial charge in [0.25, 0.3) is 0 Å². The Morgan fingerprint density at radius 3 is 2.54 bits per heavy atom. The van der Waals surface area contributed by atoms with Gasteiger partial charge in [0.15, 0.2) is 0 Å². The number of tetrazole rings is 1. The van der Waals surface area contributed by atoms with E-state index in [4.69, 9.17) is 0 Å². The molecule has 0 bridgehead atoms. The quantitative estimate of drug-likeness (QED) is 0.783. The molecule has 1 aliphatic rings. The number of aryl methyl sites for hydroxylation is 2. The summed E-state index contributed by atoms with van der Waals surface area (Å²) in [5, 5.41) is 15.4. The van der Waals surface area contributed by atoms with Gasteiger partial charge in [-0.2, -0.15) is 0 Å². The predicted molar refractivity (Wildman–Crippen MR) is 89.3 cm³/mol. The Labute approximate surface area is 139 Å². The Morgan fingerprint density at radius 2 is 1.79 bits per heavy atom. The highest BCUT2D eigenvalue weighted by atomic mass is 19.1. The Kier molecular flexibility index (Phi) is 3.52. The van der Waals surface area contributed by atoms with Crippen molar-refractivity contribution in [3.63, 3.8) is 0 Å². The van der Waals surface area contributed by atoms with E-state index in [1.54, 1.807) is 16.8 Å². The molecule has 0 aliphatic carbocycles. The third kappa shape index (κ3) is 2.54. The zero-order chi connectivity index (χ0) is 16.7. The number of hydrogen-bond acceptors (Lipinski definition) is 4. The molecule has 0 amide bonds. The fourth-order valence-corrected chi connectivity index (χ4v) is 3.20. The van der Waals surface area contributed by atoms with Crippen molar-refractivity contribution in [1.82, 2.24) is 20.2 Å². The molecule has 0 radical (unpaired) electrons. The zero-order valence-electron chi connectivity index (χ0n) is 13.6. The van der Waals surface area contributed by atoms with E-state index >= 15 is 0 Å². The molecule has 0 saturated carbocycles. The third-order valence-corrected chi connectivity index (χ3v) is 4.74. The highest BCUT2D eigenvalue weighted by Gasteiger charge is 2.30. The predicted octanol–water partition coefficient (Wildman–Crippen LogP) is 3.58. The monoisotopic (exact) mass is 323 g/mol. The van der Waals surface area contributed by atoms with E-state index in [0.29, 0.717) is 5.95 Å². The van der Waals surface area contributed by atoms with Crippen LogP contribution in [0.1, 0.15) is 40.8 Å². The fourth-order valence-electron chi connectivity index (χ4n) is 3.20. The van der Waals surface area contributed by atoms with E-state index in [-0.39, 0.29) is 17.9 Å². The molecule has 4 rings (SSSR count). The maximum absolute atomic E-state index is 13.3. The Hall–Kier alpha value is -2.76. The minimum Gasteiger partial charge on any atom is -0.346 e. The third-order valence-electron chi connectivity index (χ3n) is 4.74. The number of rotatable bonds is 2. The van der Waals surface area contributed by atoms with Gasteiger partial charge in [0, 0.05) is 0 Å². The van der Waals surface area contributed by atoms with Gasteiger partial charge in [-0.05, 0) is 65.1 Å². The molecule has 0 unspecified atom stereocenters. The molecular weight excluding hydrogens is 305 g/mol. The van der Waals surface area contributed by atoms with Crippen LogP contribution in [0.15, 0.2) is 42.5 Å². The number of benzene rings is 2. The molecule has 0 fully saturated rings. The van der Waals surface area contributed by atoms with Crippen molar-refractivity contribution in [3.05, 3.63) is 70.5 Å². The zero-order valence-corrected chi connectivity index (χ0v) is 13.6. The molecule has 2 heterocycles. The largest absolute Gasteiger partial charge is 0.346 e. The van der Waals surface area contributed by atoms with Crippen molar-refractivity contribution in [2.75, 3.05) is 5.32 Å². The number of halogens is 1. The van der Waals surface area contributed by atoms with Crippen LogP contribution < -0.4 is 5.32 Å². The van der Waals surface area contributed by atoms with E-state index in [1.807, 2.05) is 0 Å². The fraction of sp³-hybridized carbons (Fsp3) is 0.278. The van der Waals surface area contributed by atoms with Crippen LogP contribution in [0.4, 0.5) is 10.3 Å². The lowest BCUT2D eigenvalue weighted by atomic mass is 9.92. The molecule has 122 valence electrons. The standard InChI is InChI=1S/C18H18FN5/c1-11-3-4-14(9-12(11)2)16-10-17(13-5-7-15(19)8-6-13)24-18(20-16)21-22-23-24/h3-9,16-17H,10H2,1-2H3,(H,20,21,23)/t16-,17+/m1/s1. The first-order valence-electron chi connectivity index (χ1n) is 7.99. The maximum atomic E-state index is 13.3. The van der Waals surface area contributed by atoms with Crippen molar-refractivity contribution < 1.29 is 4.39 Å². The molecule has 3 aromatic rings. The average Bonchev–Trinajstić information content (AvgIpc) is 3.06. The Morgan fingerprint density at radius 1 is 1.04 bits per heavy atom. The minimum atomic E-state index is -0.240. The number of nitrogens with one attached hydrogen (secondary N) is 1. The van der Waals surface area contributed by atoms with Gasteiger partial charge in [-0.3, -0.25) is 0 Å². The first-order chi connectivity index (χ1) is 11.6. The van der Waals surface area contributed by atoms with E-state index < -0.39 is 0 Å². The maximum Gasteiger partial charge on any atom is 0.243 e. The van der Waals surface area contributed by atoms with Crippen LogP contribution in [0.25, 0.3) is 0 Å². The van der Waals surface area contributed by atoms with Gasteiger partial charge in [-0.25, -0.2) is 9.07 Å². The summed E-state index contributed by atoms with van der Waals surface area (Å²) in [7, 11) is 0. The summed E-state index contributed by atoms with van der Waals surface area (Å²) < 4.78 is 15.0. The van der Waals surface area contributed by atoms with Crippen molar-refractivity contribution in [1.29, 1.82) is 0 Å². The molecule has 2 atom stereocenters. The van der Waals surface area contributed by atoms with Gasteiger partial charge in [-0.15, -0.1) is 0 Å². The van der Waals surface area contributed by atoms with E-state index in [9.17, 15) is 4.39 Å². The van der Waals surface area contributed by atoms with Crippen molar-refractivity contribution in [3.8, 4) is 0 Å². The van der Waals surface area contributed by atoms with Crippen LogP contribution in [0, 0.1) is 19.7 Å². The SMILES string of the molecule is Cc1ccc([C@H]2C[C@@H](c3ccc(F)cc3)n3nnnc3N2)cc1C. The van der Waals surface area contributed by atoms with E-state index in [2.05, 4.69) is 52.9 Å². The van der Waals surface area contributed by atoms with Gasteiger partial charge in [0.05, 0.1) is 12.1 Å². The molecule has 1 aliphatic heterocycles. The van der Waals surface area contributed by atoms with Crippen LogP contribution in [-0.4, -0.2) is 20.2 Å². The highest BCUT2D eigenvalue weighted by Crippen LogP contribution is 2.37. The number of hydrogen-bond donors (Lipinski definition) is 1. The number of anilines is 1. The first kappa shape index (κ1) is 14.8. The van der Waals surface area contributed by atoms with Crippen LogP contribution in [0.5, 0.6) is 0 Å². The molecule has 6 heteroatoms. The molecule has 0 spiro atoms. The Bertz CT molecular complexity index is 871. The van der Waals surface area contributed by atoms with Gasteiger partial charge < -0.3 is 5.32 Å². The number of aromatic nitrogens is 4.